The molecule has 0 unspecified atom stereocenters. The predicted octanol–water partition coefficient (Wildman–Crippen LogP) is 2.09. The number of carbonyl (C=O) groups excluding carboxylic acids is 1. The lowest BCUT2D eigenvalue weighted by Gasteiger charge is -2.37. The van der Waals surface area contributed by atoms with Gasteiger partial charge in [0.25, 0.3) is 0 Å². The third-order valence-electron chi connectivity index (χ3n) is 4.43. The van der Waals surface area contributed by atoms with Gasteiger partial charge in [0.2, 0.25) is 5.91 Å². The Balaban J connectivity index is 1.91. The van der Waals surface area contributed by atoms with Crippen molar-refractivity contribution in [1.82, 2.24) is 9.80 Å². The minimum atomic E-state index is 0.0650. The third-order valence-corrected chi connectivity index (χ3v) is 4.43. The molecule has 1 aromatic rings. The molecule has 0 bridgehead atoms. The molecule has 2 rings (SSSR count). The van der Waals surface area contributed by atoms with Gasteiger partial charge in [-0.1, -0.05) is 30.3 Å². The molecule has 22 heavy (non-hydrogen) atoms. The second-order valence-corrected chi connectivity index (χ2v) is 6.57. The molecule has 1 aliphatic rings. The Hall–Kier alpha value is -1.39. The van der Waals surface area contributed by atoms with Crippen molar-refractivity contribution in [3.63, 3.8) is 0 Å². The average molecular weight is 303 g/mol. The van der Waals surface area contributed by atoms with Gasteiger partial charge in [0.1, 0.15) is 0 Å². The van der Waals surface area contributed by atoms with Gasteiger partial charge in [-0.05, 0) is 44.7 Å². The van der Waals surface area contributed by atoms with E-state index in [0.717, 1.165) is 26.2 Å². The van der Waals surface area contributed by atoms with E-state index >= 15 is 0 Å². The van der Waals surface area contributed by atoms with E-state index in [9.17, 15) is 4.79 Å². The van der Waals surface area contributed by atoms with Crippen LogP contribution < -0.4 is 5.73 Å². The third kappa shape index (κ3) is 4.82. The van der Waals surface area contributed by atoms with Crippen molar-refractivity contribution in [2.75, 3.05) is 26.2 Å². The fourth-order valence-corrected chi connectivity index (χ4v) is 3.28. The van der Waals surface area contributed by atoms with Gasteiger partial charge < -0.3 is 10.6 Å². The Morgan fingerprint density at radius 3 is 2.73 bits per heavy atom. The lowest BCUT2D eigenvalue weighted by atomic mass is 9.96. The number of hydrogen-bond donors (Lipinski definition) is 1. The Morgan fingerprint density at radius 2 is 2.09 bits per heavy atom. The molecule has 1 saturated heterocycles. The number of carbonyl (C=O) groups is 1. The smallest absolute Gasteiger partial charge is 0.236 e. The SMILES string of the molecule is CC(C)N(C[C@H]1CCCN(Cc2ccccc2)C1)C(=O)CN. The van der Waals surface area contributed by atoms with Crippen molar-refractivity contribution in [3.8, 4) is 0 Å². The molecule has 122 valence electrons. The summed E-state index contributed by atoms with van der Waals surface area (Å²) >= 11 is 0. The molecule has 0 spiro atoms. The van der Waals surface area contributed by atoms with Crippen LogP contribution in [0.2, 0.25) is 0 Å². The molecular weight excluding hydrogens is 274 g/mol. The maximum Gasteiger partial charge on any atom is 0.236 e. The van der Waals surface area contributed by atoms with Crippen LogP contribution in [0.4, 0.5) is 0 Å². The monoisotopic (exact) mass is 303 g/mol. The lowest BCUT2D eigenvalue weighted by molar-refractivity contribution is -0.132. The molecule has 0 saturated carbocycles. The average Bonchev–Trinajstić information content (AvgIpc) is 2.53. The number of piperidine rings is 1. The number of amides is 1. The molecule has 1 aromatic carbocycles. The van der Waals surface area contributed by atoms with E-state index in [-0.39, 0.29) is 18.5 Å². The second kappa shape index (κ2) is 8.30. The van der Waals surface area contributed by atoms with Crippen molar-refractivity contribution in [2.45, 2.75) is 39.3 Å². The maximum atomic E-state index is 12.0. The minimum absolute atomic E-state index is 0.0650. The van der Waals surface area contributed by atoms with Crippen LogP contribution in [-0.2, 0) is 11.3 Å². The maximum absolute atomic E-state index is 12.0. The van der Waals surface area contributed by atoms with E-state index in [2.05, 4.69) is 49.1 Å². The summed E-state index contributed by atoms with van der Waals surface area (Å²) in [6, 6.07) is 10.8. The summed E-state index contributed by atoms with van der Waals surface area (Å²) in [4.78, 5) is 16.4. The van der Waals surface area contributed by atoms with E-state index in [1.165, 1.54) is 18.4 Å². The number of rotatable bonds is 6. The number of benzene rings is 1. The van der Waals surface area contributed by atoms with E-state index in [4.69, 9.17) is 5.73 Å². The van der Waals surface area contributed by atoms with E-state index < -0.39 is 0 Å². The molecule has 0 aliphatic carbocycles. The number of likely N-dealkylation sites (tertiary alicyclic amines) is 1. The quantitative estimate of drug-likeness (QED) is 0.875. The van der Waals surface area contributed by atoms with Crippen LogP contribution in [0.15, 0.2) is 30.3 Å². The first kappa shape index (κ1) is 17.0. The Kier molecular flexibility index (Phi) is 6.40. The molecule has 4 nitrogen and oxygen atoms in total. The second-order valence-electron chi connectivity index (χ2n) is 6.57. The first-order chi connectivity index (χ1) is 10.6. The van der Waals surface area contributed by atoms with Crippen molar-refractivity contribution >= 4 is 5.91 Å². The van der Waals surface area contributed by atoms with Gasteiger partial charge in [0, 0.05) is 25.7 Å². The molecular formula is C18H29N3O. The molecule has 1 amide bonds. The highest BCUT2D eigenvalue weighted by Crippen LogP contribution is 2.20. The highest BCUT2D eigenvalue weighted by atomic mass is 16.2. The van der Waals surface area contributed by atoms with E-state index in [1.807, 2.05) is 4.90 Å². The highest BCUT2D eigenvalue weighted by Gasteiger charge is 2.25. The van der Waals surface area contributed by atoms with Gasteiger partial charge in [-0.15, -0.1) is 0 Å². The van der Waals surface area contributed by atoms with Crippen LogP contribution in [0.5, 0.6) is 0 Å². The minimum Gasteiger partial charge on any atom is -0.339 e. The van der Waals surface area contributed by atoms with Crippen molar-refractivity contribution in [1.29, 1.82) is 0 Å². The van der Waals surface area contributed by atoms with Crippen molar-refractivity contribution < 1.29 is 4.79 Å². The van der Waals surface area contributed by atoms with Gasteiger partial charge in [-0.3, -0.25) is 9.69 Å². The van der Waals surface area contributed by atoms with Gasteiger partial charge in [-0.25, -0.2) is 0 Å². The topological polar surface area (TPSA) is 49.6 Å². The lowest BCUT2D eigenvalue weighted by Crippen LogP contribution is -2.47. The first-order valence-electron chi connectivity index (χ1n) is 8.36. The van der Waals surface area contributed by atoms with Gasteiger partial charge in [-0.2, -0.15) is 0 Å². The summed E-state index contributed by atoms with van der Waals surface area (Å²) in [7, 11) is 0. The summed E-state index contributed by atoms with van der Waals surface area (Å²) in [5.74, 6) is 0.616. The molecule has 2 N–H and O–H groups in total. The van der Waals surface area contributed by atoms with Crippen LogP contribution in [0, 0.1) is 5.92 Å². The molecule has 0 aromatic heterocycles. The fourth-order valence-electron chi connectivity index (χ4n) is 3.28. The van der Waals surface area contributed by atoms with E-state index in [0.29, 0.717) is 5.92 Å². The summed E-state index contributed by atoms with van der Waals surface area (Å²) in [5, 5.41) is 0. The van der Waals surface area contributed by atoms with Gasteiger partial charge in [0.15, 0.2) is 0 Å². The van der Waals surface area contributed by atoms with Crippen LogP contribution in [0.25, 0.3) is 0 Å². The zero-order valence-corrected chi connectivity index (χ0v) is 13.9. The largest absolute Gasteiger partial charge is 0.339 e. The molecule has 0 radical (unpaired) electrons. The summed E-state index contributed by atoms with van der Waals surface area (Å²) in [6.45, 7) is 8.30. The Labute approximate surface area is 134 Å². The van der Waals surface area contributed by atoms with Crippen molar-refractivity contribution in [2.24, 2.45) is 11.7 Å². The van der Waals surface area contributed by atoms with Crippen LogP contribution in [-0.4, -0.2) is 47.9 Å². The fraction of sp³-hybridized carbons (Fsp3) is 0.611. The molecule has 1 heterocycles. The molecule has 1 fully saturated rings. The van der Waals surface area contributed by atoms with E-state index in [1.54, 1.807) is 0 Å². The summed E-state index contributed by atoms with van der Waals surface area (Å²) in [6.07, 6.45) is 2.41. The van der Waals surface area contributed by atoms with Gasteiger partial charge >= 0.3 is 0 Å². The van der Waals surface area contributed by atoms with Crippen LogP contribution in [0.3, 0.4) is 0 Å². The number of nitrogens with two attached hydrogens (primary N) is 1. The first-order valence-corrected chi connectivity index (χ1v) is 8.36. The van der Waals surface area contributed by atoms with Crippen LogP contribution >= 0.6 is 0 Å². The Morgan fingerprint density at radius 1 is 1.36 bits per heavy atom. The zero-order valence-electron chi connectivity index (χ0n) is 13.9. The number of hydrogen-bond acceptors (Lipinski definition) is 3. The van der Waals surface area contributed by atoms with Gasteiger partial charge in [0.05, 0.1) is 6.54 Å². The van der Waals surface area contributed by atoms with Crippen LogP contribution in [0.1, 0.15) is 32.3 Å². The zero-order chi connectivity index (χ0) is 15.9. The standard InChI is InChI=1S/C18H29N3O/c1-15(2)21(18(22)11-19)14-17-9-6-10-20(13-17)12-16-7-4-3-5-8-16/h3-5,7-8,15,17H,6,9-14,19H2,1-2H3/t17-/m0/s1. The normalized spacial score (nSPS) is 19.4. The Bertz CT molecular complexity index is 461. The summed E-state index contributed by atoms with van der Waals surface area (Å²) < 4.78 is 0. The highest BCUT2D eigenvalue weighted by molar-refractivity contribution is 5.78. The predicted molar refractivity (Wildman–Crippen MR) is 90.3 cm³/mol. The molecule has 4 heteroatoms. The molecule has 1 atom stereocenters. The van der Waals surface area contributed by atoms with Crippen molar-refractivity contribution in [3.05, 3.63) is 35.9 Å². The number of nitrogens with zero attached hydrogens (tertiary/aromatic N) is 2. The molecule has 1 aliphatic heterocycles. The summed E-state index contributed by atoms with van der Waals surface area (Å²) in [5.41, 5.74) is 6.91.